The maximum atomic E-state index is 13.3. The van der Waals surface area contributed by atoms with E-state index in [1.807, 2.05) is 6.92 Å². The van der Waals surface area contributed by atoms with Gasteiger partial charge in [0.25, 0.3) is 5.91 Å². The van der Waals surface area contributed by atoms with Crippen molar-refractivity contribution in [2.75, 3.05) is 72.1 Å². The lowest BCUT2D eigenvalue weighted by atomic mass is 10.0. The predicted molar refractivity (Wildman–Crippen MR) is 257 cm³/mol. The topological polar surface area (TPSA) is 319 Å². The molecule has 2 aromatic carbocycles. The van der Waals surface area contributed by atoms with E-state index in [1.165, 1.54) is 36.0 Å². The highest BCUT2D eigenvalue weighted by atomic mass is 16.5. The Labute approximate surface area is 404 Å². The number of nitrogen functional groups attached to an aromatic ring is 1. The number of benzene rings is 2. The van der Waals surface area contributed by atoms with Crippen molar-refractivity contribution >= 4 is 58.6 Å². The van der Waals surface area contributed by atoms with Crippen molar-refractivity contribution in [3.8, 4) is 17.5 Å². The van der Waals surface area contributed by atoms with Crippen molar-refractivity contribution in [1.29, 1.82) is 0 Å². The summed E-state index contributed by atoms with van der Waals surface area (Å²) in [5.74, 6) is -3.51. The standard InChI is InChI=1S/C47H64N10O13/c1-6-8-21-70-46-55-41(48)40-42(56-46)57(47(65)54-40)28-31-9-13-32(14-10-31)43(62)50-20-23-68-25-24-67-22-19-49-36(59)18-15-33(45(64)69-7-2)52-44(63)39(29(3)4)53-38(61)27-51-37(60)17-12-30-11-16-34(58)35(26-30)66-5/h9-14,16-17,26,29,33,39,58H,6-8,15,18-25,27-28H2,1-5H3,(H,49,59)(H,50,62)(H,51,60)(H,52,63)(H,53,61)(H,54,65)(H2,48,55,56)/b17-12+/t33-,39+/m1/s1. The van der Waals surface area contributed by atoms with Crippen LogP contribution >= 0.6 is 0 Å². The molecule has 380 valence electrons. The number of hydrogen-bond donors (Lipinski definition) is 8. The number of aromatic hydroxyl groups is 1. The van der Waals surface area contributed by atoms with Crippen LogP contribution in [0.2, 0.25) is 0 Å². The van der Waals surface area contributed by atoms with E-state index in [2.05, 4.69) is 41.5 Å². The van der Waals surface area contributed by atoms with Crippen molar-refractivity contribution in [2.24, 2.45) is 5.92 Å². The third-order valence-electron chi connectivity index (χ3n) is 10.3. The van der Waals surface area contributed by atoms with Gasteiger partial charge in [-0.1, -0.05) is 45.4 Å². The second kappa shape index (κ2) is 28.7. The van der Waals surface area contributed by atoms with Crippen molar-refractivity contribution in [3.05, 3.63) is 75.7 Å². The van der Waals surface area contributed by atoms with Crippen LogP contribution < -0.4 is 47.5 Å². The maximum Gasteiger partial charge on any atom is 0.328 e. The van der Waals surface area contributed by atoms with Crippen molar-refractivity contribution in [2.45, 2.75) is 72.0 Å². The van der Waals surface area contributed by atoms with Gasteiger partial charge in [-0.2, -0.15) is 9.97 Å². The molecule has 0 spiro atoms. The number of phenols is 1. The number of methoxy groups -OCH3 is 1. The number of carbonyl (C=O) groups excluding carboxylic acids is 6. The highest BCUT2D eigenvalue weighted by molar-refractivity contribution is 5.96. The van der Waals surface area contributed by atoms with Crippen LogP contribution in [0, 0.1) is 5.92 Å². The minimum atomic E-state index is -1.18. The minimum absolute atomic E-state index is 0.0337. The SMILES string of the molecule is CCCCOc1nc(N)c2[nH]c(=O)n(Cc3ccc(C(=O)NCCOCCOCCNC(=O)CC[C@@H](NC(=O)[C@@H](NC(=O)CNC(=O)/C=C/c4ccc(O)c(OC)c4)C(C)C)C(=O)OCC)cc3)c2n1. The summed E-state index contributed by atoms with van der Waals surface area (Å²) in [4.78, 5) is 100. The maximum absolute atomic E-state index is 13.3. The molecule has 23 heteroatoms. The summed E-state index contributed by atoms with van der Waals surface area (Å²) in [5, 5.41) is 22.8. The number of H-pyrrole nitrogens is 1. The number of aromatic nitrogens is 4. The lowest BCUT2D eigenvalue weighted by Crippen LogP contribution is -2.55. The number of aromatic amines is 1. The van der Waals surface area contributed by atoms with E-state index in [1.54, 1.807) is 51.1 Å². The normalized spacial score (nSPS) is 12.0. The summed E-state index contributed by atoms with van der Waals surface area (Å²) in [5.41, 5.74) is 8.01. The van der Waals surface area contributed by atoms with Crippen LogP contribution in [0.4, 0.5) is 5.82 Å². The van der Waals surface area contributed by atoms with Crippen molar-refractivity contribution in [1.82, 2.24) is 46.1 Å². The van der Waals surface area contributed by atoms with Gasteiger partial charge in [-0.3, -0.25) is 28.5 Å². The molecule has 0 saturated carbocycles. The Kier molecular flexibility index (Phi) is 22.6. The van der Waals surface area contributed by atoms with Crippen LogP contribution in [-0.2, 0) is 44.7 Å². The minimum Gasteiger partial charge on any atom is -0.504 e. The Morgan fingerprint density at radius 3 is 2.27 bits per heavy atom. The Bertz CT molecular complexity index is 2470. The lowest BCUT2D eigenvalue weighted by Gasteiger charge is -2.25. The second-order valence-electron chi connectivity index (χ2n) is 16.0. The molecule has 4 aromatic rings. The predicted octanol–water partition coefficient (Wildman–Crippen LogP) is 1.32. The molecule has 0 bridgehead atoms. The fourth-order valence-electron chi connectivity index (χ4n) is 6.49. The molecule has 4 rings (SSSR count). The molecule has 0 radical (unpaired) electrons. The number of amides is 5. The van der Waals surface area contributed by atoms with Crippen LogP contribution in [0.1, 0.15) is 74.9 Å². The molecular weight excluding hydrogens is 913 g/mol. The first-order valence-electron chi connectivity index (χ1n) is 22.9. The van der Waals surface area contributed by atoms with Crippen LogP contribution in [0.3, 0.4) is 0 Å². The highest BCUT2D eigenvalue weighted by Crippen LogP contribution is 2.26. The highest BCUT2D eigenvalue weighted by Gasteiger charge is 2.30. The Balaban J connectivity index is 1.09. The molecule has 0 aliphatic heterocycles. The van der Waals surface area contributed by atoms with Gasteiger partial charge in [-0.05, 0) is 67.2 Å². The summed E-state index contributed by atoms with van der Waals surface area (Å²) in [6.07, 6.45) is 4.20. The van der Waals surface area contributed by atoms with E-state index >= 15 is 0 Å². The summed E-state index contributed by atoms with van der Waals surface area (Å²) in [6, 6.07) is 9.11. The summed E-state index contributed by atoms with van der Waals surface area (Å²) in [7, 11) is 1.39. The number of fused-ring (bicyclic) bond motifs is 1. The van der Waals surface area contributed by atoms with Crippen LogP contribution in [0.5, 0.6) is 17.5 Å². The van der Waals surface area contributed by atoms with Gasteiger partial charge in [-0.25, -0.2) is 9.59 Å². The van der Waals surface area contributed by atoms with E-state index in [0.717, 1.165) is 18.4 Å². The van der Waals surface area contributed by atoms with Gasteiger partial charge < -0.3 is 66.1 Å². The average molecular weight is 977 g/mol. The number of unbranched alkanes of at least 4 members (excludes halogenated alkanes) is 1. The number of anilines is 1. The first-order chi connectivity index (χ1) is 33.6. The summed E-state index contributed by atoms with van der Waals surface area (Å²) >= 11 is 0. The smallest absolute Gasteiger partial charge is 0.328 e. The van der Waals surface area contributed by atoms with Crippen LogP contribution in [0.15, 0.2) is 53.3 Å². The number of ether oxygens (including phenoxy) is 5. The largest absolute Gasteiger partial charge is 0.504 e. The summed E-state index contributed by atoms with van der Waals surface area (Å²) in [6.45, 7) is 8.47. The number of nitrogens with one attached hydrogen (secondary N) is 6. The third kappa shape index (κ3) is 17.8. The van der Waals surface area contributed by atoms with Gasteiger partial charge in [-0.15, -0.1) is 0 Å². The third-order valence-corrected chi connectivity index (χ3v) is 10.3. The molecule has 2 aromatic heterocycles. The van der Waals surface area contributed by atoms with Crippen LogP contribution in [-0.4, -0.2) is 139 Å². The first-order valence-corrected chi connectivity index (χ1v) is 22.9. The zero-order valence-electron chi connectivity index (χ0n) is 40.1. The van der Waals surface area contributed by atoms with Gasteiger partial charge in [0.05, 0.1) is 59.8 Å². The van der Waals surface area contributed by atoms with Gasteiger partial charge in [0, 0.05) is 31.1 Å². The Morgan fingerprint density at radius 1 is 0.886 bits per heavy atom. The van der Waals surface area contributed by atoms with E-state index in [9.17, 15) is 38.7 Å². The molecule has 2 heterocycles. The van der Waals surface area contributed by atoms with Gasteiger partial charge >= 0.3 is 17.7 Å². The molecule has 2 atom stereocenters. The Hall–Kier alpha value is -7.53. The van der Waals surface area contributed by atoms with Gasteiger partial charge in [0.2, 0.25) is 23.6 Å². The number of hydrogen-bond acceptors (Lipinski definition) is 16. The van der Waals surface area contributed by atoms with E-state index in [4.69, 9.17) is 29.4 Å². The molecule has 0 unspecified atom stereocenters. The zero-order valence-corrected chi connectivity index (χ0v) is 40.1. The number of imidazole rings is 1. The number of rotatable bonds is 30. The molecule has 9 N–H and O–H groups in total. The molecule has 5 amide bonds. The lowest BCUT2D eigenvalue weighted by molar-refractivity contribution is -0.148. The fourth-order valence-corrected chi connectivity index (χ4v) is 6.49. The molecule has 70 heavy (non-hydrogen) atoms. The number of nitrogens with zero attached hydrogens (tertiary/aromatic N) is 3. The number of esters is 1. The molecule has 0 fully saturated rings. The summed E-state index contributed by atoms with van der Waals surface area (Å²) < 4.78 is 28.3. The van der Waals surface area contributed by atoms with E-state index in [-0.39, 0.29) is 94.7 Å². The second-order valence-corrected chi connectivity index (χ2v) is 16.0. The van der Waals surface area contributed by atoms with Crippen molar-refractivity contribution in [3.63, 3.8) is 0 Å². The average Bonchev–Trinajstić information content (AvgIpc) is 3.65. The van der Waals surface area contributed by atoms with Gasteiger partial charge in [0.15, 0.2) is 23.0 Å². The first kappa shape index (κ1) is 55.1. The molecule has 0 saturated heterocycles. The number of phenolic OH excluding ortho intramolecular Hbond substituents is 1. The fraction of sp³-hybridized carbons (Fsp3) is 0.468. The quantitative estimate of drug-likeness (QED) is 0.0208. The number of nitrogens with two attached hydrogens (primary N) is 1. The molecule has 23 nitrogen and oxygen atoms in total. The van der Waals surface area contributed by atoms with Gasteiger partial charge in [0.1, 0.15) is 17.6 Å². The van der Waals surface area contributed by atoms with E-state index < -0.39 is 59.8 Å². The van der Waals surface area contributed by atoms with E-state index in [0.29, 0.717) is 28.9 Å². The van der Waals surface area contributed by atoms with Crippen molar-refractivity contribution < 1.29 is 57.6 Å². The molecular formula is C47H64N10O13. The molecule has 0 aliphatic carbocycles. The Morgan fingerprint density at radius 2 is 1.60 bits per heavy atom. The number of carbonyl (C=O) groups is 6. The zero-order chi connectivity index (χ0) is 51.0. The van der Waals surface area contributed by atoms with Crippen LogP contribution in [0.25, 0.3) is 17.2 Å². The monoisotopic (exact) mass is 976 g/mol. The molecule has 0 aliphatic rings.